The fraction of sp³-hybridized carbons (Fsp3) is 0.786. The van der Waals surface area contributed by atoms with Crippen LogP contribution in [0.4, 0.5) is 39.5 Å². The molecule has 0 bridgehead atoms. The first-order valence-corrected chi connectivity index (χ1v) is 13.8. The molecule has 3 aliphatic rings. The Kier molecular flexibility index (Phi) is 8.74. The number of hydrogen-bond acceptors (Lipinski definition) is 3. The van der Waals surface area contributed by atoms with E-state index < -0.39 is 37.2 Å². The lowest BCUT2D eigenvalue weighted by Crippen LogP contribution is -2.67. The first-order chi connectivity index (χ1) is 18.6. The van der Waals surface area contributed by atoms with E-state index in [2.05, 4.69) is 30.7 Å². The van der Waals surface area contributed by atoms with Crippen molar-refractivity contribution in [3.63, 3.8) is 0 Å². The zero-order valence-electron chi connectivity index (χ0n) is 22.4. The van der Waals surface area contributed by atoms with Crippen molar-refractivity contribution in [2.24, 2.45) is 17.3 Å². The van der Waals surface area contributed by atoms with Gasteiger partial charge in [-0.2, -0.15) is 39.5 Å². The van der Waals surface area contributed by atoms with E-state index in [1.54, 1.807) is 0 Å². The summed E-state index contributed by atoms with van der Waals surface area (Å²) in [6.07, 6.45) is -14.8. The minimum Gasteiger partial charge on any atom is -0.494 e. The largest absolute Gasteiger partial charge is 0.494 e. The first kappa shape index (κ1) is 31.3. The summed E-state index contributed by atoms with van der Waals surface area (Å²) in [6.45, 7) is 3.12. The molecule has 2 saturated carbocycles. The zero-order valence-corrected chi connectivity index (χ0v) is 22.4. The van der Waals surface area contributed by atoms with Gasteiger partial charge in [0.05, 0.1) is 19.3 Å². The molecule has 5 atom stereocenters. The van der Waals surface area contributed by atoms with Crippen molar-refractivity contribution in [3.05, 3.63) is 29.3 Å². The van der Waals surface area contributed by atoms with Gasteiger partial charge in [-0.05, 0) is 97.8 Å². The molecule has 0 N–H and O–H groups in total. The van der Waals surface area contributed by atoms with Crippen LogP contribution in [0.2, 0.25) is 0 Å². The molecule has 12 heteroatoms. The molecule has 0 heterocycles. The molecule has 0 aliphatic heterocycles. The van der Waals surface area contributed by atoms with Crippen LogP contribution >= 0.6 is 0 Å². The molecule has 3 nitrogen and oxygen atoms in total. The predicted octanol–water partition coefficient (Wildman–Crippen LogP) is 8.55. The van der Waals surface area contributed by atoms with E-state index >= 15 is 0 Å². The maximum atomic E-state index is 13.1. The van der Waals surface area contributed by atoms with Gasteiger partial charge in [0.1, 0.15) is 5.75 Å². The van der Waals surface area contributed by atoms with Crippen LogP contribution in [-0.4, -0.2) is 50.1 Å². The third-order valence-electron chi connectivity index (χ3n) is 9.21. The molecule has 0 radical (unpaired) electrons. The van der Waals surface area contributed by atoms with E-state index in [4.69, 9.17) is 9.47 Å². The Labute approximate surface area is 227 Å². The third kappa shape index (κ3) is 5.43. The highest BCUT2D eigenvalue weighted by molar-refractivity contribution is 5.40. The summed E-state index contributed by atoms with van der Waals surface area (Å²) in [7, 11) is 0. The fourth-order valence-corrected chi connectivity index (χ4v) is 7.33. The molecule has 2 fully saturated rings. The van der Waals surface area contributed by atoms with Crippen LogP contribution in [0.1, 0.15) is 75.8 Å². The van der Waals surface area contributed by atoms with E-state index in [9.17, 15) is 39.5 Å². The van der Waals surface area contributed by atoms with Crippen molar-refractivity contribution in [1.82, 2.24) is 0 Å². The predicted molar refractivity (Wildman–Crippen MR) is 128 cm³/mol. The summed E-state index contributed by atoms with van der Waals surface area (Å²) in [5, 5.41) is 0. The molecular weight excluding hydrogens is 555 g/mol. The number of halogens is 9. The lowest BCUT2D eigenvalue weighted by molar-refractivity contribution is -0.457. The number of hydrogen-bond donors (Lipinski definition) is 0. The van der Waals surface area contributed by atoms with Crippen LogP contribution in [0, 0.1) is 17.3 Å². The number of benzene rings is 1. The molecule has 1 aromatic rings. The summed E-state index contributed by atoms with van der Waals surface area (Å²) >= 11 is 0. The van der Waals surface area contributed by atoms with Gasteiger partial charge in [-0.15, -0.1) is 0 Å². The molecule has 4 rings (SSSR count). The van der Waals surface area contributed by atoms with E-state index in [1.165, 1.54) is 11.1 Å². The standard InChI is InChI=1S/C28H35F9O3/c1-3-13-38-18-6-8-19-17(16-18)5-7-21-20(19)11-12-24(2)22(21)9-10-23(24)39-14-4-15-40-25(26(29,30)31,27(32,33)34)28(35,36)37/h6,8,16,20-23H,3-5,7,9-15H2,1-2H3/t20-,21-,22+,23+,24+/m1/s1. The zero-order chi connectivity index (χ0) is 29.6. The maximum absolute atomic E-state index is 13.1. The second kappa shape index (κ2) is 11.2. The Bertz CT molecular complexity index is 984. The van der Waals surface area contributed by atoms with Crippen molar-refractivity contribution in [2.45, 2.75) is 101 Å². The molecule has 0 unspecified atom stereocenters. The Morgan fingerprint density at radius 1 is 0.850 bits per heavy atom. The van der Waals surface area contributed by atoms with Crippen LogP contribution in [0.3, 0.4) is 0 Å². The van der Waals surface area contributed by atoms with E-state index in [0.29, 0.717) is 30.8 Å². The second-order valence-corrected chi connectivity index (χ2v) is 11.5. The Morgan fingerprint density at radius 2 is 1.52 bits per heavy atom. The minimum absolute atomic E-state index is 0.225. The summed E-state index contributed by atoms with van der Waals surface area (Å²) in [5.41, 5.74) is -3.82. The quantitative estimate of drug-likeness (QED) is 0.213. The van der Waals surface area contributed by atoms with Gasteiger partial charge in [-0.25, -0.2) is 0 Å². The number of ether oxygens (including phenoxy) is 3. The lowest BCUT2D eigenvalue weighted by atomic mass is 9.55. The average molecular weight is 591 g/mol. The van der Waals surface area contributed by atoms with Crippen LogP contribution in [0.5, 0.6) is 5.75 Å². The Balaban J connectivity index is 1.36. The van der Waals surface area contributed by atoms with E-state index in [-0.39, 0.29) is 18.1 Å². The van der Waals surface area contributed by atoms with Gasteiger partial charge in [-0.3, -0.25) is 0 Å². The summed E-state index contributed by atoms with van der Waals surface area (Å²) in [6, 6.07) is 6.30. The highest BCUT2D eigenvalue weighted by Crippen LogP contribution is 2.62. The van der Waals surface area contributed by atoms with Gasteiger partial charge in [-0.1, -0.05) is 19.9 Å². The molecule has 0 spiro atoms. The van der Waals surface area contributed by atoms with Gasteiger partial charge in [0.25, 0.3) is 0 Å². The number of alkyl halides is 9. The van der Waals surface area contributed by atoms with Gasteiger partial charge in [0, 0.05) is 6.61 Å². The van der Waals surface area contributed by atoms with Crippen LogP contribution < -0.4 is 4.74 Å². The molecular formula is C28H35F9O3. The average Bonchev–Trinajstić information content (AvgIpc) is 3.18. The van der Waals surface area contributed by atoms with Gasteiger partial charge in [0.15, 0.2) is 0 Å². The second-order valence-electron chi connectivity index (χ2n) is 11.5. The fourth-order valence-electron chi connectivity index (χ4n) is 7.33. The first-order valence-electron chi connectivity index (χ1n) is 13.8. The van der Waals surface area contributed by atoms with Crippen molar-refractivity contribution >= 4 is 0 Å². The number of fused-ring (bicyclic) bond motifs is 5. The van der Waals surface area contributed by atoms with E-state index in [1.807, 2.05) is 6.07 Å². The Morgan fingerprint density at radius 3 is 2.15 bits per heavy atom. The maximum Gasteiger partial charge on any atom is 0.435 e. The monoisotopic (exact) mass is 590 g/mol. The van der Waals surface area contributed by atoms with Crippen molar-refractivity contribution in [3.8, 4) is 5.75 Å². The Hall–Kier alpha value is -1.69. The van der Waals surface area contributed by atoms with Crippen molar-refractivity contribution in [1.29, 1.82) is 0 Å². The summed E-state index contributed by atoms with van der Waals surface area (Å²) in [5.74, 6) is 2.03. The highest BCUT2D eigenvalue weighted by atomic mass is 19.4. The number of rotatable bonds is 9. The highest BCUT2D eigenvalue weighted by Gasteiger charge is 2.85. The van der Waals surface area contributed by atoms with E-state index in [0.717, 1.165) is 44.3 Å². The smallest absolute Gasteiger partial charge is 0.435 e. The molecule has 40 heavy (non-hydrogen) atoms. The van der Waals surface area contributed by atoms with Crippen molar-refractivity contribution in [2.75, 3.05) is 19.8 Å². The molecule has 0 amide bonds. The summed E-state index contributed by atoms with van der Waals surface area (Å²) < 4.78 is 133. The summed E-state index contributed by atoms with van der Waals surface area (Å²) in [4.78, 5) is 0. The normalized spacial score (nSPS) is 29.1. The van der Waals surface area contributed by atoms with Gasteiger partial charge < -0.3 is 14.2 Å². The third-order valence-corrected chi connectivity index (χ3v) is 9.21. The lowest BCUT2D eigenvalue weighted by Gasteiger charge is -2.50. The number of aryl methyl sites for hydroxylation is 1. The van der Waals surface area contributed by atoms with Crippen LogP contribution in [0.15, 0.2) is 18.2 Å². The van der Waals surface area contributed by atoms with Crippen LogP contribution in [0.25, 0.3) is 0 Å². The van der Waals surface area contributed by atoms with Gasteiger partial charge >= 0.3 is 24.1 Å². The van der Waals surface area contributed by atoms with Crippen molar-refractivity contribution < 1.29 is 53.7 Å². The topological polar surface area (TPSA) is 27.7 Å². The molecule has 0 saturated heterocycles. The molecule has 3 aliphatic carbocycles. The molecule has 1 aromatic carbocycles. The molecule has 228 valence electrons. The minimum atomic E-state index is -6.72. The molecule has 0 aromatic heterocycles. The SMILES string of the molecule is CCCOc1ccc2c(c1)CC[C@@H]1[C@@H]2CC[C@]2(C)[C@@H](OCCCOC(C(F)(F)F)(C(F)(F)F)C(F)(F)F)CC[C@@H]12. The van der Waals surface area contributed by atoms with Gasteiger partial charge in [0.2, 0.25) is 0 Å². The van der Waals surface area contributed by atoms with Crippen LogP contribution in [-0.2, 0) is 15.9 Å².